The number of thioether (sulfide) groups is 1. The van der Waals surface area contributed by atoms with E-state index in [-0.39, 0.29) is 4.75 Å². The van der Waals surface area contributed by atoms with E-state index in [1.165, 1.54) is 4.90 Å². The average molecular weight is 220 g/mol. The van der Waals surface area contributed by atoms with Crippen LogP contribution in [0.1, 0.15) is 32.6 Å². The van der Waals surface area contributed by atoms with Gasteiger partial charge in [-0.25, -0.2) is 0 Å². The van der Waals surface area contributed by atoms with Crippen molar-refractivity contribution in [3.05, 3.63) is 30.3 Å². The molecule has 1 aliphatic rings. The molecule has 0 saturated heterocycles. The van der Waals surface area contributed by atoms with Crippen LogP contribution in [0, 0.1) is 0 Å². The lowest BCUT2D eigenvalue weighted by molar-refractivity contribution is -0.120. The van der Waals surface area contributed by atoms with Crippen molar-refractivity contribution in [2.24, 2.45) is 0 Å². The molecule has 0 bridgehead atoms. The second kappa shape index (κ2) is 4.40. The summed E-state index contributed by atoms with van der Waals surface area (Å²) in [4.78, 5) is 12.7. The first-order valence-electron chi connectivity index (χ1n) is 5.44. The minimum absolute atomic E-state index is 0.122. The second-order valence-corrected chi connectivity index (χ2v) is 6.10. The summed E-state index contributed by atoms with van der Waals surface area (Å²) in [5.74, 6) is 0.423. The van der Waals surface area contributed by atoms with Crippen molar-refractivity contribution in [2.75, 3.05) is 0 Å². The van der Waals surface area contributed by atoms with Crippen LogP contribution in [-0.4, -0.2) is 10.5 Å². The highest BCUT2D eigenvalue weighted by molar-refractivity contribution is 8.00. The van der Waals surface area contributed by atoms with E-state index < -0.39 is 0 Å². The number of Topliss-reactive ketones (excluding diaryl/α,β-unsaturated/α-hetero) is 1. The Morgan fingerprint density at radius 2 is 2.00 bits per heavy atom. The maximum atomic E-state index is 11.5. The fourth-order valence-electron chi connectivity index (χ4n) is 2.11. The third-order valence-electron chi connectivity index (χ3n) is 2.84. The summed E-state index contributed by atoms with van der Waals surface area (Å²) in [6, 6.07) is 10.4. The Morgan fingerprint density at radius 3 is 2.67 bits per heavy atom. The number of carbonyl (C=O) groups excluding carboxylic acids is 1. The zero-order valence-electron chi connectivity index (χ0n) is 9.03. The van der Waals surface area contributed by atoms with Gasteiger partial charge in [-0.05, 0) is 31.9 Å². The van der Waals surface area contributed by atoms with E-state index in [0.29, 0.717) is 5.78 Å². The Bertz CT molecular complexity index is 347. The second-order valence-electron chi connectivity index (χ2n) is 4.43. The summed E-state index contributed by atoms with van der Waals surface area (Å²) >= 11 is 1.85. The fourth-order valence-corrected chi connectivity index (χ4v) is 3.46. The third kappa shape index (κ3) is 2.85. The maximum Gasteiger partial charge on any atom is 0.134 e. The van der Waals surface area contributed by atoms with Gasteiger partial charge < -0.3 is 0 Å². The molecule has 1 nitrogen and oxygen atoms in total. The van der Waals surface area contributed by atoms with Crippen LogP contribution >= 0.6 is 11.8 Å². The van der Waals surface area contributed by atoms with Crippen molar-refractivity contribution in [2.45, 2.75) is 42.2 Å². The predicted molar refractivity (Wildman–Crippen MR) is 64.2 cm³/mol. The van der Waals surface area contributed by atoms with Crippen molar-refractivity contribution in [1.29, 1.82) is 0 Å². The van der Waals surface area contributed by atoms with Gasteiger partial charge in [0, 0.05) is 22.5 Å². The van der Waals surface area contributed by atoms with Crippen molar-refractivity contribution in [3.8, 4) is 0 Å². The molecule has 0 N–H and O–H groups in total. The first-order chi connectivity index (χ1) is 7.18. The lowest BCUT2D eigenvalue weighted by atomic mass is 9.89. The number of hydrogen-bond donors (Lipinski definition) is 0. The molecule has 1 aliphatic carbocycles. The predicted octanol–water partition coefficient (Wildman–Crippen LogP) is 3.68. The van der Waals surface area contributed by atoms with Crippen LogP contribution in [0.2, 0.25) is 0 Å². The molecule has 1 aromatic carbocycles. The van der Waals surface area contributed by atoms with Crippen LogP contribution < -0.4 is 0 Å². The fraction of sp³-hybridized carbons (Fsp3) is 0.462. The van der Waals surface area contributed by atoms with Crippen LogP contribution in [0.3, 0.4) is 0 Å². The number of ketones is 1. The lowest BCUT2D eigenvalue weighted by Gasteiger charge is -2.31. The molecule has 1 atom stereocenters. The monoisotopic (exact) mass is 220 g/mol. The zero-order chi connectivity index (χ0) is 10.7. The van der Waals surface area contributed by atoms with E-state index >= 15 is 0 Å². The van der Waals surface area contributed by atoms with Gasteiger partial charge in [0.2, 0.25) is 0 Å². The normalized spacial score (nSPS) is 26.6. The van der Waals surface area contributed by atoms with E-state index in [1.807, 2.05) is 17.8 Å². The summed E-state index contributed by atoms with van der Waals surface area (Å²) < 4.78 is 0.122. The van der Waals surface area contributed by atoms with Crippen molar-refractivity contribution in [3.63, 3.8) is 0 Å². The average Bonchev–Trinajstić information content (AvgIpc) is 2.18. The summed E-state index contributed by atoms with van der Waals surface area (Å²) in [6.45, 7) is 2.21. The Labute approximate surface area is 95.3 Å². The first-order valence-corrected chi connectivity index (χ1v) is 6.25. The highest BCUT2D eigenvalue weighted by Crippen LogP contribution is 2.42. The molecule has 0 spiro atoms. The highest BCUT2D eigenvalue weighted by Gasteiger charge is 2.31. The molecule has 0 radical (unpaired) electrons. The summed E-state index contributed by atoms with van der Waals surface area (Å²) in [5.41, 5.74) is 0. The molecule has 0 aliphatic heterocycles. The number of rotatable bonds is 2. The molecular formula is C13H16OS. The topological polar surface area (TPSA) is 17.1 Å². The van der Waals surface area contributed by atoms with Crippen LogP contribution in [0.5, 0.6) is 0 Å². The third-order valence-corrected chi connectivity index (χ3v) is 4.19. The standard InChI is InChI=1S/C13H16OS/c1-13(9-5-6-11(14)10-13)15-12-7-3-2-4-8-12/h2-4,7-8H,5-6,9-10H2,1H3/t13-/m0/s1. The molecule has 1 aromatic rings. The highest BCUT2D eigenvalue weighted by atomic mass is 32.2. The van der Waals surface area contributed by atoms with Gasteiger partial charge in [0.1, 0.15) is 5.78 Å². The van der Waals surface area contributed by atoms with E-state index in [9.17, 15) is 4.79 Å². The van der Waals surface area contributed by atoms with E-state index in [2.05, 4.69) is 31.2 Å². The van der Waals surface area contributed by atoms with E-state index in [1.54, 1.807) is 0 Å². The lowest BCUT2D eigenvalue weighted by Crippen LogP contribution is -2.28. The molecule has 1 saturated carbocycles. The number of benzene rings is 1. The molecule has 0 heterocycles. The van der Waals surface area contributed by atoms with Gasteiger partial charge in [-0.2, -0.15) is 0 Å². The Kier molecular flexibility index (Phi) is 3.15. The van der Waals surface area contributed by atoms with Crippen molar-refractivity contribution < 1.29 is 4.79 Å². The molecule has 15 heavy (non-hydrogen) atoms. The van der Waals surface area contributed by atoms with Gasteiger partial charge in [-0.15, -0.1) is 11.8 Å². The first kappa shape index (κ1) is 10.7. The molecule has 0 unspecified atom stereocenters. The largest absolute Gasteiger partial charge is 0.300 e. The zero-order valence-corrected chi connectivity index (χ0v) is 9.85. The van der Waals surface area contributed by atoms with Crippen LogP contribution in [0.4, 0.5) is 0 Å². The van der Waals surface area contributed by atoms with Gasteiger partial charge in [-0.3, -0.25) is 4.79 Å². The number of carbonyl (C=O) groups is 1. The summed E-state index contributed by atoms with van der Waals surface area (Å²) in [6.07, 6.45) is 3.71. The SMILES string of the molecule is C[C@]1(Sc2ccccc2)CCCC(=O)C1. The smallest absolute Gasteiger partial charge is 0.134 e. The van der Waals surface area contributed by atoms with Crippen LogP contribution in [-0.2, 0) is 4.79 Å². The molecule has 1 fully saturated rings. The van der Waals surface area contributed by atoms with Crippen LogP contribution in [0.25, 0.3) is 0 Å². The van der Waals surface area contributed by atoms with Gasteiger partial charge in [0.25, 0.3) is 0 Å². The van der Waals surface area contributed by atoms with Gasteiger partial charge in [-0.1, -0.05) is 18.2 Å². The Morgan fingerprint density at radius 1 is 1.27 bits per heavy atom. The van der Waals surface area contributed by atoms with Crippen molar-refractivity contribution >= 4 is 17.5 Å². The quantitative estimate of drug-likeness (QED) is 0.756. The van der Waals surface area contributed by atoms with Gasteiger partial charge in [0.05, 0.1) is 0 Å². The maximum absolute atomic E-state index is 11.5. The molecule has 2 heteroatoms. The summed E-state index contributed by atoms with van der Waals surface area (Å²) in [5, 5.41) is 0. The number of hydrogen-bond acceptors (Lipinski definition) is 2. The van der Waals surface area contributed by atoms with Gasteiger partial charge >= 0.3 is 0 Å². The van der Waals surface area contributed by atoms with E-state index in [4.69, 9.17) is 0 Å². The van der Waals surface area contributed by atoms with E-state index in [0.717, 1.165) is 25.7 Å². The molecule has 0 aromatic heterocycles. The summed E-state index contributed by atoms with van der Waals surface area (Å²) in [7, 11) is 0. The molecular weight excluding hydrogens is 204 g/mol. The Hall–Kier alpha value is -0.760. The minimum Gasteiger partial charge on any atom is -0.300 e. The van der Waals surface area contributed by atoms with Crippen LogP contribution in [0.15, 0.2) is 35.2 Å². The van der Waals surface area contributed by atoms with Gasteiger partial charge in [0.15, 0.2) is 0 Å². The molecule has 80 valence electrons. The molecule has 2 rings (SSSR count). The van der Waals surface area contributed by atoms with Crippen molar-refractivity contribution in [1.82, 2.24) is 0 Å². The minimum atomic E-state index is 0.122. The molecule has 0 amide bonds. The Balaban J connectivity index is 2.07.